The lowest BCUT2D eigenvalue weighted by Crippen LogP contribution is -2.13. The van der Waals surface area contributed by atoms with Crippen LogP contribution < -0.4 is 5.32 Å². The van der Waals surface area contributed by atoms with Gasteiger partial charge in [0.05, 0.1) is 10.0 Å². The fraction of sp³-hybridized carbons (Fsp3) is 0. The maximum Gasteiger partial charge on any atom is 0.276 e. The number of amides is 1. The predicted molar refractivity (Wildman–Crippen MR) is 87.6 cm³/mol. The quantitative estimate of drug-likeness (QED) is 0.732. The first-order valence-electron chi connectivity index (χ1n) is 5.76. The van der Waals surface area contributed by atoms with Gasteiger partial charge in [-0.1, -0.05) is 29.3 Å². The highest BCUT2D eigenvalue weighted by Crippen LogP contribution is 2.38. The Morgan fingerprint density at radius 3 is 2.81 bits per heavy atom. The Labute approximate surface area is 138 Å². The fourth-order valence-corrected chi connectivity index (χ4v) is 3.81. The van der Waals surface area contributed by atoms with E-state index < -0.39 is 0 Å². The maximum absolute atomic E-state index is 12.0. The summed E-state index contributed by atoms with van der Waals surface area (Å²) in [5.41, 5.74) is 1.79. The molecule has 1 amide bonds. The summed E-state index contributed by atoms with van der Waals surface area (Å²) in [4.78, 5) is 20.3. The number of halogens is 2. The zero-order valence-corrected chi connectivity index (χ0v) is 13.5. The third-order valence-corrected chi connectivity index (χ3v) is 4.80. The van der Waals surface area contributed by atoms with E-state index in [0.29, 0.717) is 25.2 Å². The summed E-state index contributed by atoms with van der Waals surface area (Å²) in [7, 11) is 0. The lowest BCUT2D eigenvalue weighted by atomic mass is 10.3. The van der Waals surface area contributed by atoms with Gasteiger partial charge in [-0.05, 0) is 18.2 Å². The van der Waals surface area contributed by atoms with Gasteiger partial charge in [0.25, 0.3) is 5.91 Å². The van der Waals surface area contributed by atoms with E-state index in [9.17, 15) is 4.79 Å². The summed E-state index contributed by atoms with van der Waals surface area (Å²) >= 11 is 14.6. The van der Waals surface area contributed by atoms with Crippen molar-refractivity contribution in [2.45, 2.75) is 0 Å². The molecule has 0 radical (unpaired) electrons. The van der Waals surface area contributed by atoms with E-state index >= 15 is 0 Å². The summed E-state index contributed by atoms with van der Waals surface area (Å²) in [6.45, 7) is 0. The molecule has 21 heavy (non-hydrogen) atoms. The lowest BCUT2D eigenvalue weighted by Gasteiger charge is -1.99. The SMILES string of the molecule is O=C(Nc1nc(-c2cc(Cl)sc2Cl)cs1)c1ccccn1. The number of hydrogen-bond acceptors (Lipinski definition) is 5. The molecule has 0 saturated heterocycles. The van der Waals surface area contributed by atoms with Crippen molar-refractivity contribution in [2.24, 2.45) is 0 Å². The zero-order valence-electron chi connectivity index (χ0n) is 10.3. The third kappa shape index (κ3) is 3.24. The van der Waals surface area contributed by atoms with E-state index in [-0.39, 0.29) is 5.91 Å². The highest BCUT2D eigenvalue weighted by Gasteiger charge is 2.14. The highest BCUT2D eigenvalue weighted by atomic mass is 35.5. The number of carbonyl (C=O) groups is 1. The zero-order chi connectivity index (χ0) is 14.8. The molecular formula is C13H7Cl2N3OS2. The van der Waals surface area contributed by atoms with Gasteiger partial charge in [0.2, 0.25) is 0 Å². The molecule has 3 heterocycles. The Kier molecular flexibility index (Phi) is 4.21. The molecule has 0 aliphatic rings. The molecule has 1 N–H and O–H groups in total. The Morgan fingerprint density at radius 2 is 2.14 bits per heavy atom. The molecule has 0 atom stereocenters. The fourth-order valence-electron chi connectivity index (χ4n) is 1.63. The van der Waals surface area contributed by atoms with Crippen LogP contribution >= 0.6 is 45.9 Å². The van der Waals surface area contributed by atoms with Crippen molar-refractivity contribution in [1.29, 1.82) is 0 Å². The Balaban J connectivity index is 1.80. The molecule has 3 aromatic heterocycles. The van der Waals surface area contributed by atoms with Gasteiger partial charge in [-0.25, -0.2) is 4.98 Å². The van der Waals surface area contributed by atoms with Crippen LogP contribution in [0.3, 0.4) is 0 Å². The van der Waals surface area contributed by atoms with Crippen molar-refractivity contribution in [3.8, 4) is 11.3 Å². The van der Waals surface area contributed by atoms with Crippen molar-refractivity contribution in [2.75, 3.05) is 5.32 Å². The number of nitrogens with zero attached hydrogens (tertiary/aromatic N) is 2. The van der Waals surface area contributed by atoms with Gasteiger partial charge in [0.1, 0.15) is 10.0 Å². The Bertz CT molecular complexity index is 786. The molecule has 3 aromatic rings. The molecule has 3 rings (SSSR count). The first-order valence-corrected chi connectivity index (χ1v) is 8.22. The molecule has 0 unspecified atom stereocenters. The van der Waals surface area contributed by atoms with Crippen LogP contribution in [-0.2, 0) is 0 Å². The second-order valence-electron chi connectivity index (χ2n) is 3.94. The van der Waals surface area contributed by atoms with Crippen LogP contribution in [0.1, 0.15) is 10.5 Å². The average molecular weight is 356 g/mol. The first-order chi connectivity index (χ1) is 10.1. The van der Waals surface area contributed by atoms with Gasteiger partial charge < -0.3 is 0 Å². The largest absolute Gasteiger partial charge is 0.296 e. The minimum Gasteiger partial charge on any atom is -0.296 e. The van der Waals surface area contributed by atoms with Crippen molar-refractivity contribution in [1.82, 2.24) is 9.97 Å². The monoisotopic (exact) mass is 355 g/mol. The predicted octanol–water partition coefficient (Wildman–Crippen LogP) is 4.83. The summed E-state index contributed by atoms with van der Waals surface area (Å²) in [6, 6.07) is 6.90. The number of carbonyl (C=O) groups excluding carboxylic acids is 1. The number of hydrogen-bond donors (Lipinski definition) is 1. The van der Waals surface area contributed by atoms with Gasteiger partial charge in [-0.15, -0.1) is 22.7 Å². The van der Waals surface area contributed by atoms with Crippen molar-refractivity contribution < 1.29 is 4.79 Å². The number of aromatic nitrogens is 2. The van der Waals surface area contributed by atoms with Crippen LogP contribution in [0.5, 0.6) is 0 Å². The number of pyridine rings is 1. The molecule has 0 bridgehead atoms. The van der Waals surface area contributed by atoms with Gasteiger partial charge in [-0.2, -0.15) is 0 Å². The molecule has 0 fully saturated rings. The van der Waals surface area contributed by atoms with Crippen LogP contribution in [0.25, 0.3) is 11.3 Å². The van der Waals surface area contributed by atoms with E-state index in [2.05, 4.69) is 15.3 Å². The molecule has 0 aliphatic heterocycles. The van der Waals surface area contributed by atoms with E-state index in [1.54, 1.807) is 30.5 Å². The van der Waals surface area contributed by atoms with E-state index in [1.165, 1.54) is 22.7 Å². The number of nitrogens with one attached hydrogen (secondary N) is 1. The number of thiophene rings is 1. The van der Waals surface area contributed by atoms with Crippen LogP contribution in [0.15, 0.2) is 35.8 Å². The minimum absolute atomic E-state index is 0.300. The summed E-state index contributed by atoms with van der Waals surface area (Å²) in [5.74, 6) is -0.300. The molecule has 0 spiro atoms. The Hall–Kier alpha value is -1.47. The first kappa shape index (κ1) is 14.5. The van der Waals surface area contributed by atoms with Crippen LogP contribution in [-0.4, -0.2) is 15.9 Å². The van der Waals surface area contributed by atoms with Crippen LogP contribution in [0.4, 0.5) is 5.13 Å². The molecule has 4 nitrogen and oxygen atoms in total. The third-order valence-electron chi connectivity index (χ3n) is 2.55. The normalized spacial score (nSPS) is 10.6. The minimum atomic E-state index is -0.300. The van der Waals surface area contributed by atoms with E-state index in [1.807, 2.05) is 5.38 Å². The Morgan fingerprint density at radius 1 is 1.29 bits per heavy atom. The van der Waals surface area contributed by atoms with Crippen molar-refractivity contribution >= 4 is 56.9 Å². The topological polar surface area (TPSA) is 54.9 Å². The number of anilines is 1. The number of rotatable bonds is 3. The second-order valence-corrected chi connectivity index (χ2v) is 7.09. The summed E-state index contributed by atoms with van der Waals surface area (Å²) < 4.78 is 1.18. The molecule has 0 aromatic carbocycles. The van der Waals surface area contributed by atoms with E-state index in [4.69, 9.17) is 23.2 Å². The standard InChI is InChI=1S/C13H7Cl2N3OS2/c14-10-5-7(11(15)21-10)9-6-20-13(17-9)18-12(19)8-3-1-2-4-16-8/h1-6H,(H,17,18,19). The van der Waals surface area contributed by atoms with Gasteiger partial charge >= 0.3 is 0 Å². The van der Waals surface area contributed by atoms with E-state index in [0.717, 1.165) is 5.56 Å². The smallest absolute Gasteiger partial charge is 0.276 e. The second kappa shape index (κ2) is 6.11. The molecular weight excluding hydrogens is 349 g/mol. The van der Waals surface area contributed by atoms with Crippen molar-refractivity contribution in [3.63, 3.8) is 0 Å². The van der Waals surface area contributed by atoms with Crippen molar-refractivity contribution in [3.05, 3.63) is 50.2 Å². The van der Waals surface area contributed by atoms with Gasteiger partial charge in [0.15, 0.2) is 5.13 Å². The van der Waals surface area contributed by atoms with Gasteiger partial charge in [-0.3, -0.25) is 15.1 Å². The highest BCUT2D eigenvalue weighted by molar-refractivity contribution is 7.20. The lowest BCUT2D eigenvalue weighted by molar-refractivity contribution is 0.102. The molecule has 106 valence electrons. The summed E-state index contributed by atoms with van der Waals surface area (Å²) in [6.07, 6.45) is 1.56. The molecule has 8 heteroatoms. The van der Waals surface area contributed by atoms with Crippen LogP contribution in [0, 0.1) is 0 Å². The molecule has 0 saturated carbocycles. The number of thiazole rings is 1. The maximum atomic E-state index is 12.0. The van der Waals surface area contributed by atoms with Crippen LogP contribution in [0.2, 0.25) is 8.67 Å². The molecule has 0 aliphatic carbocycles. The van der Waals surface area contributed by atoms with Gasteiger partial charge in [0, 0.05) is 17.1 Å². The summed E-state index contributed by atoms with van der Waals surface area (Å²) in [5, 5.41) is 5.01. The average Bonchev–Trinajstić information content (AvgIpc) is 3.06.